The molecule has 1 aliphatic heterocycles. The van der Waals surface area contributed by atoms with E-state index in [2.05, 4.69) is 0 Å². The third-order valence-corrected chi connectivity index (χ3v) is 5.71. The molecule has 0 atom stereocenters. The molecule has 2 aromatic rings. The average molecular weight is 400 g/mol. The Morgan fingerprint density at radius 2 is 1.31 bits per heavy atom. The maximum absolute atomic E-state index is 9.63. The second-order valence-electron chi connectivity index (χ2n) is 8.34. The fraction of sp³-hybridized carbons (Fsp3) is 0.455. The van der Waals surface area contributed by atoms with Gasteiger partial charge in [-0.1, -0.05) is 24.3 Å². The smallest absolute Gasteiger partial charge is 0.488 e. The van der Waals surface area contributed by atoms with Crippen molar-refractivity contribution < 1.29 is 29.4 Å². The Bertz CT molecular complexity index is 806. The molecule has 0 saturated carbocycles. The fourth-order valence-corrected chi connectivity index (χ4v) is 3.24. The SMILES string of the molecule is CC1(C)OB(c2ccc(COc3c(CO)cc(CO)cc3CO)cc2)OC1(C)C. The van der Waals surface area contributed by atoms with Gasteiger partial charge in [-0.2, -0.15) is 0 Å². The lowest BCUT2D eigenvalue weighted by Gasteiger charge is -2.32. The molecule has 0 bridgehead atoms. The number of hydrogen-bond donors (Lipinski definition) is 3. The highest BCUT2D eigenvalue weighted by atomic mass is 16.7. The zero-order valence-corrected chi connectivity index (χ0v) is 17.4. The van der Waals surface area contributed by atoms with Gasteiger partial charge in [0.25, 0.3) is 0 Å². The third kappa shape index (κ3) is 4.49. The van der Waals surface area contributed by atoms with E-state index in [4.69, 9.17) is 14.0 Å². The molecule has 0 radical (unpaired) electrons. The van der Waals surface area contributed by atoms with Crippen LogP contribution in [0.5, 0.6) is 5.75 Å². The molecule has 6 nitrogen and oxygen atoms in total. The Morgan fingerprint density at radius 1 is 0.793 bits per heavy atom. The van der Waals surface area contributed by atoms with Crippen molar-refractivity contribution in [2.24, 2.45) is 0 Å². The molecule has 0 amide bonds. The number of hydrogen-bond acceptors (Lipinski definition) is 6. The monoisotopic (exact) mass is 400 g/mol. The van der Waals surface area contributed by atoms with E-state index >= 15 is 0 Å². The fourth-order valence-electron chi connectivity index (χ4n) is 3.24. The Hall–Kier alpha value is -1.90. The van der Waals surface area contributed by atoms with Crippen LogP contribution in [0, 0.1) is 0 Å². The standard InChI is InChI=1S/C22H29BO6/c1-21(2)22(3,4)29-23(28-21)19-7-5-15(6-8-19)14-27-20-17(12-25)9-16(11-24)10-18(20)13-26/h5-10,24-26H,11-14H2,1-4H3. The topological polar surface area (TPSA) is 88.4 Å². The summed E-state index contributed by atoms with van der Waals surface area (Å²) in [5, 5.41) is 28.6. The van der Waals surface area contributed by atoms with Crippen molar-refractivity contribution in [2.45, 2.75) is 65.3 Å². The van der Waals surface area contributed by atoms with Gasteiger partial charge < -0.3 is 29.4 Å². The van der Waals surface area contributed by atoms with Crippen LogP contribution in [-0.4, -0.2) is 33.6 Å². The summed E-state index contributed by atoms with van der Waals surface area (Å²) in [5.41, 5.74) is 2.79. The summed E-state index contributed by atoms with van der Waals surface area (Å²) in [7, 11) is -0.414. The van der Waals surface area contributed by atoms with Gasteiger partial charge in [-0.15, -0.1) is 0 Å². The molecule has 1 heterocycles. The van der Waals surface area contributed by atoms with Gasteiger partial charge in [-0.25, -0.2) is 0 Å². The molecule has 2 aromatic carbocycles. The largest absolute Gasteiger partial charge is 0.494 e. The van der Waals surface area contributed by atoms with Gasteiger partial charge in [-0.3, -0.25) is 0 Å². The molecular weight excluding hydrogens is 371 g/mol. The molecule has 0 spiro atoms. The van der Waals surface area contributed by atoms with Crippen LogP contribution in [0.1, 0.15) is 49.9 Å². The maximum atomic E-state index is 9.63. The number of aliphatic hydroxyl groups is 3. The van der Waals surface area contributed by atoms with Crippen LogP contribution in [0.2, 0.25) is 0 Å². The Balaban J connectivity index is 1.72. The first kappa shape index (κ1) is 21.8. The minimum Gasteiger partial charge on any atom is -0.488 e. The van der Waals surface area contributed by atoms with E-state index in [0.29, 0.717) is 22.4 Å². The molecule has 156 valence electrons. The van der Waals surface area contributed by atoms with Crippen molar-refractivity contribution in [3.63, 3.8) is 0 Å². The first-order valence-electron chi connectivity index (χ1n) is 9.75. The van der Waals surface area contributed by atoms with Crippen molar-refractivity contribution in [1.82, 2.24) is 0 Å². The Labute approximate surface area is 172 Å². The molecule has 1 fully saturated rings. The number of benzene rings is 2. The summed E-state index contributed by atoms with van der Waals surface area (Å²) in [6, 6.07) is 11.1. The molecular formula is C22H29BO6. The van der Waals surface area contributed by atoms with Crippen molar-refractivity contribution >= 4 is 12.6 Å². The van der Waals surface area contributed by atoms with Crippen LogP contribution in [0.4, 0.5) is 0 Å². The number of rotatable bonds is 7. The van der Waals surface area contributed by atoms with Crippen molar-refractivity contribution in [3.05, 3.63) is 58.7 Å². The lowest BCUT2D eigenvalue weighted by molar-refractivity contribution is 0.00578. The van der Waals surface area contributed by atoms with Crippen LogP contribution >= 0.6 is 0 Å². The summed E-state index contributed by atoms with van der Waals surface area (Å²) in [4.78, 5) is 0. The predicted molar refractivity (Wildman–Crippen MR) is 111 cm³/mol. The predicted octanol–water partition coefficient (Wildman–Crippen LogP) is 2.04. The Morgan fingerprint density at radius 3 is 1.76 bits per heavy atom. The molecule has 3 rings (SSSR count). The number of ether oxygens (including phenoxy) is 1. The van der Waals surface area contributed by atoms with Crippen LogP contribution in [0.3, 0.4) is 0 Å². The van der Waals surface area contributed by atoms with Gasteiger partial charge in [-0.05, 0) is 56.4 Å². The van der Waals surface area contributed by atoms with Gasteiger partial charge in [0, 0.05) is 11.1 Å². The van der Waals surface area contributed by atoms with Crippen molar-refractivity contribution in [3.8, 4) is 5.75 Å². The highest BCUT2D eigenvalue weighted by molar-refractivity contribution is 6.62. The van der Waals surface area contributed by atoms with Crippen LogP contribution in [0.25, 0.3) is 0 Å². The molecule has 0 aromatic heterocycles. The summed E-state index contributed by atoms with van der Waals surface area (Å²) < 4.78 is 18.0. The molecule has 1 saturated heterocycles. The lowest BCUT2D eigenvalue weighted by Crippen LogP contribution is -2.41. The number of aliphatic hydroxyl groups excluding tert-OH is 3. The highest BCUT2D eigenvalue weighted by Gasteiger charge is 2.51. The molecule has 29 heavy (non-hydrogen) atoms. The van der Waals surface area contributed by atoms with Crippen LogP contribution in [-0.2, 0) is 35.7 Å². The van der Waals surface area contributed by atoms with E-state index in [9.17, 15) is 15.3 Å². The zero-order chi connectivity index (χ0) is 21.2. The van der Waals surface area contributed by atoms with Crippen LogP contribution < -0.4 is 10.2 Å². The second-order valence-corrected chi connectivity index (χ2v) is 8.34. The molecule has 7 heteroatoms. The summed E-state index contributed by atoms with van der Waals surface area (Å²) in [6.45, 7) is 7.73. The van der Waals surface area contributed by atoms with Gasteiger partial charge in [0.2, 0.25) is 0 Å². The molecule has 0 aliphatic carbocycles. The molecule has 0 unspecified atom stereocenters. The summed E-state index contributed by atoms with van der Waals surface area (Å²) in [6.07, 6.45) is 0. The van der Waals surface area contributed by atoms with E-state index in [0.717, 1.165) is 11.0 Å². The van der Waals surface area contributed by atoms with E-state index in [1.54, 1.807) is 12.1 Å². The highest BCUT2D eigenvalue weighted by Crippen LogP contribution is 2.36. The summed E-state index contributed by atoms with van der Waals surface area (Å²) in [5.74, 6) is 0.447. The van der Waals surface area contributed by atoms with Gasteiger partial charge in [0.05, 0.1) is 31.0 Å². The lowest BCUT2D eigenvalue weighted by atomic mass is 9.79. The van der Waals surface area contributed by atoms with E-state index in [1.807, 2.05) is 52.0 Å². The molecule has 1 aliphatic rings. The van der Waals surface area contributed by atoms with Gasteiger partial charge in [0.1, 0.15) is 12.4 Å². The first-order chi connectivity index (χ1) is 13.7. The second kappa shape index (κ2) is 8.46. The normalized spacial score (nSPS) is 17.6. The average Bonchev–Trinajstić information content (AvgIpc) is 2.93. The minimum atomic E-state index is -0.414. The Kier molecular flexibility index (Phi) is 6.36. The van der Waals surface area contributed by atoms with Crippen molar-refractivity contribution in [2.75, 3.05) is 0 Å². The van der Waals surface area contributed by atoms with Gasteiger partial charge in [0.15, 0.2) is 0 Å². The quantitative estimate of drug-likeness (QED) is 0.617. The van der Waals surface area contributed by atoms with Crippen molar-refractivity contribution in [1.29, 1.82) is 0 Å². The maximum Gasteiger partial charge on any atom is 0.494 e. The van der Waals surface area contributed by atoms with Gasteiger partial charge >= 0.3 is 7.12 Å². The van der Waals surface area contributed by atoms with Crippen LogP contribution in [0.15, 0.2) is 36.4 Å². The minimum absolute atomic E-state index is 0.166. The van der Waals surface area contributed by atoms with E-state index < -0.39 is 7.12 Å². The summed E-state index contributed by atoms with van der Waals surface area (Å²) >= 11 is 0. The third-order valence-electron chi connectivity index (χ3n) is 5.71. The van der Waals surface area contributed by atoms with E-state index in [1.165, 1.54) is 0 Å². The van der Waals surface area contributed by atoms with E-state index in [-0.39, 0.29) is 37.6 Å². The zero-order valence-electron chi connectivity index (χ0n) is 17.4. The first-order valence-corrected chi connectivity index (χ1v) is 9.75. The molecule has 3 N–H and O–H groups in total.